The molecule has 0 saturated heterocycles. The van der Waals surface area contributed by atoms with E-state index < -0.39 is 0 Å². The van der Waals surface area contributed by atoms with E-state index in [1.807, 2.05) is 6.07 Å². The van der Waals surface area contributed by atoms with E-state index in [1.165, 1.54) is 11.1 Å². The third-order valence-electron chi connectivity index (χ3n) is 4.72. The van der Waals surface area contributed by atoms with Crippen molar-refractivity contribution in [2.45, 2.75) is 51.7 Å². The van der Waals surface area contributed by atoms with Gasteiger partial charge in [0.25, 0.3) is 0 Å². The molecular formula is C25H32NO2+. The van der Waals surface area contributed by atoms with E-state index in [2.05, 4.69) is 86.8 Å². The Morgan fingerprint density at radius 3 is 2.29 bits per heavy atom. The minimum absolute atomic E-state index is 0.159. The Labute approximate surface area is 168 Å². The predicted octanol–water partition coefficient (Wildman–Crippen LogP) is 4.94. The predicted molar refractivity (Wildman–Crippen MR) is 114 cm³/mol. The number of hydrogen-bond donors (Lipinski definition) is 1. The molecule has 148 valence electrons. The van der Waals surface area contributed by atoms with E-state index in [-0.39, 0.29) is 5.60 Å². The molecule has 0 amide bonds. The maximum absolute atomic E-state index is 5.89. The van der Waals surface area contributed by atoms with Gasteiger partial charge in [0.05, 0.1) is 12.8 Å². The van der Waals surface area contributed by atoms with Crippen LogP contribution in [0.3, 0.4) is 0 Å². The smallest absolute Gasteiger partial charge is 0.120 e. The van der Waals surface area contributed by atoms with Crippen LogP contribution < -0.4 is 10.1 Å². The molecule has 0 saturated carbocycles. The van der Waals surface area contributed by atoms with Gasteiger partial charge in [-0.1, -0.05) is 30.3 Å². The van der Waals surface area contributed by atoms with E-state index >= 15 is 0 Å². The van der Waals surface area contributed by atoms with Crippen LogP contribution in [-0.2, 0) is 13.0 Å². The minimum atomic E-state index is -0.159. The van der Waals surface area contributed by atoms with Crippen molar-refractivity contribution in [1.29, 1.82) is 0 Å². The molecule has 1 atom stereocenters. The third kappa shape index (κ3) is 6.58. The maximum atomic E-state index is 5.89. The van der Waals surface area contributed by atoms with Crippen molar-refractivity contribution in [3.63, 3.8) is 0 Å². The summed E-state index contributed by atoms with van der Waals surface area (Å²) in [6, 6.07) is 23.2. The molecule has 1 heterocycles. The third-order valence-corrected chi connectivity index (χ3v) is 4.72. The van der Waals surface area contributed by atoms with Crippen molar-refractivity contribution in [3.8, 4) is 5.75 Å². The van der Waals surface area contributed by atoms with Crippen LogP contribution in [-0.4, -0.2) is 12.1 Å². The van der Waals surface area contributed by atoms with E-state index in [0.717, 1.165) is 37.4 Å². The second-order valence-corrected chi connectivity index (χ2v) is 8.33. The highest BCUT2D eigenvalue weighted by Gasteiger charge is 2.16. The molecule has 0 bridgehead atoms. The highest BCUT2D eigenvalue weighted by atomic mass is 16.5. The van der Waals surface area contributed by atoms with E-state index in [4.69, 9.17) is 9.15 Å². The van der Waals surface area contributed by atoms with E-state index in [0.29, 0.717) is 5.92 Å². The molecule has 0 aliphatic rings. The molecule has 1 aromatic heterocycles. The summed E-state index contributed by atoms with van der Waals surface area (Å²) in [6.07, 6.45) is 3.88. The van der Waals surface area contributed by atoms with Gasteiger partial charge in [-0.15, -0.1) is 0 Å². The molecule has 28 heavy (non-hydrogen) atoms. The monoisotopic (exact) mass is 378 g/mol. The first kappa shape index (κ1) is 20.2. The lowest BCUT2D eigenvalue weighted by atomic mass is 9.94. The van der Waals surface area contributed by atoms with Gasteiger partial charge in [0.15, 0.2) is 0 Å². The van der Waals surface area contributed by atoms with Crippen molar-refractivity contribution in [2.24, 2.45) is 0 Å². The molecule has 0 spiro atoms. The van der Waals surface area contributed by atoms with Crippen LogP contribution in [0.5, 0.6) is 5.75 Å². The molecular weight excluding hydrogens is 346 g/mol. The first-order chi connectivity index (χ1) is 13.5. The number of furan rings is 1. The molecule has 0 unspecified atom stereocenters. The fourth-order valence-electron chi connectivity index (χ4n) is 3.40. The van der Waals surface area contributed by atoms with Crippen LogP contribution in [0.1, 0.15) is 50.0 Å². The number of rotatable bonds is 9. The summed E-state index contributed by atoms with van der Waals surface area (Å²) in [6.45, 7) is 8.25. The first-order valence-corrected chi connectivity index (χ1v) is 10.2. The Morgan fingerprint density at radius 2 is 1.64 bits per heavy atom. The fraction of sp³-hybridized carbons (Fsp3) is 0.360. The molecule has 2 N–H and O–H groups in total. The van der Waals surface area contributed by atoms with Crippen molar-refractivity contribution in [2.75, 3.05) is 6.54 Å². The molecule has 2 aromatic carbocycles. The first-order valence-electron chi connectivity index (χ1n) is 10.2. The lowest BCUT2D eigenvalue weighted by Gasteiger charge is -2.21. The molecule has 3 aromatic rings. The molecule has 0 aliphatic carbocycles. The molecule has 0 radical (unpaired) electrons. The van der Waals surface area contributed by atoms with E-state index in [9.17, 15) is 0 Å². The minimum Gasteiger partial charge on any atom is -0.488 e. The van der Waals surface area contributed by atoms with Gasteiger partial charge in [0.2, 0.25) is 0 Å². The number of benzene rings is 2. The highest BCUT2D eigenvalue weighted by molar-refractivity contribution is 5.27. The number of ether oxygens (including phenoxy) is 1. The number of quaternary nitrogens is 1. The summed E-state index contributed by atoms with van der Waals surface area (Å²) in [5.41, 5.74) is 2.52. The van der Waals surface area contributed by atoms with Crippen LogP contribution in [0.25, 0.3) is 0 Å². The van der Waals surface area contributed by atoms with Crippen LogP contribution >= 0.6 is 0 Å². The Balaban J connectivity index is 1.49. The van der Waals surface area contributed by atoms with Crippen molar-refractivity contribution in [3.05, 3.63) is 89.9 Å². The van der Waals surface area contributed by atoms with Gasteiger partial charge in [0.1, 0.15) is 23.7 Å². The highest BCUT2D eigenvalue weighted by Crippen LogP contribution is 2.24. The summed E-state index contributed by atoms with van der Waals surface area (Å²) in [7, 11) is 0. The van der Waals surface area contributed by atoms with Crippen molar-refractivity contribution >= 4 is 0 Å². The molecule has 0 aliphatic heterocycles. The average molecular weight is 379 g/mol. The van der Waals surface area contributed by atoms with Gasteiger partial charge >= 0.3 is 0 Å². The second-order valence-electron chi connectivity index (χ2n) is 8.33. The zero-order chi connectivity index (χ0) is 19.8. The topological polar surface area (TPSA) is 39.0 Å². The Morgan fingerprint density at radius 1 is 0.893 bits per heavy atom. The van der Waals surface area contributed by atoms with Gasteiger partial charge < -0.3 is 14.5 Å². The average Bonchev–Trinajstić information content (AvgIpc) is 3.20. The molecule has 3 rings (SSSR count). The maximum Gasteiger partial charge on any atom is 0.120 e. The fourth-order valence-corrected chi connectivity index (χ4v) is 3.40. The number of hydrogen-bond acceptors (Lipinski definition) is 2. The summed E-state index contributed by atoms with van der Waals surface area (Å²) in [5.74, 6) is 2.43. The summed E-state index contributed by atoms with van der Waals surface area (Å²) < 4.78 is 11.6. The van der Waals surface area contributed by atoms with Gasteiger partial charge in [-0.05, 0) is 69.2 Å². The lowest BCUT2D eigenvalue weighted by molar-refractivity contribution is -0.671. The van der Waals surface area contributed by atoms with Crippen molar-refractivity contribution < 1.29 is 14.5 Å². The van der Waals surface area contributed by atoms with Gasteiger partial charge in [-0.3, -0.25) is 0 Å². The Kier molecular flexibility index (Phi) is 6.94. The number of nitrogens with two attached hydrogens (primary N) is 1. The van der Waals surface area contributed by atoms with Crippen LogP contribution in [0, 0.1) is 0 Å². The molecule has 3 nitrogen and oxygen atoms in total. The summed E-state index contributed by atoms with van der Waals surface area (Å²) in [5, 5.41) is 2.38. The molecule has 0 fully saturated rings. The standard InChI is InChI=1S/C25H31NO2/c1-25(2,3)28-23-13-11-21(12-14-23)19-26-16-15-22(24-10-7-17-27-24)18-20-8-5-4-6-9-20/h4-14,17,22,26H,15-16,18-19H2,1-3H3/p+1/t22-/m0/s1. The largest absolute Gasteiger partial charge is 0.488 e. The van der Waals surface area contributed by atoms with Gasteiger partial charge in [0, 0.05) is 17.9 Å². The zero-order valence-corrected chi connectivity index (χ0v) is 17.2. The quantitative estimate of drug-likeness (QED) is 0.536. The van der Waals surface area contributed by atoms with Crippen LogP contribution in [0.15, 0.2) is 77.4 Å². The van der Waals surface area contributed by atoms with Crippen LogP contribution in [0.2, 0.25) is 0 Å². The SMILES string of the molecule is CC(C)(C)Oc1ccc(C[NH2+]CC[C@@H](Cc2ccccc2)c2ccco2)cc1. The summed E-state index contributed by atoms with van der Waals surface area (Å²) in [4.78, 5) is 0. The van der Waals surface area contributed by atoms with Crippen molar-refractivity contribution in [1.82, 2.24) is 0 Å². The Bertz CT molecular complexity index is 802. The Hall–Kier alpha value is -2.52. The van der Waals surface area contributed by atoms with Gasteiger partial charge in [-0.25, -0.2) is 0 Å². The normalized spacial score (nSPS) is 12.7. The second kappa shape index (κ2) is 9.61. The lowest BCUT2D eigenvalue weighted by Crippen LogP contribution is -2.82. The van der Waals surface area contributed by atoms with Gasteiger partial charge in [-0.2, -0.15) is 0 Å². The zero-order valence-electron chi connectivity index (χ0n) is 17.2. The summed E-state index contributed by atoms with van der Waals surface area (Å²) >= 11 is 0. The molecule has 3 heteroatoms. The van der Waals surface area contributed by atoms with Crippen LogP contribution in [0.4, 0.5) is 0 Å². The van der Waals surface area contributed by atoms with E-state index in [1.54, 1.807) is 6.26 Å².